The third kappa shape index (κ3) is 5.05. The second kappa shape index (κ2) is 9.94. The molecule has 2 aromatic carbocycles. The van der Waals surface area contributed by atoms with Gasteiger partial charge >= 0.3 is 0 Å². The Morgan fingerprint density at radius 1 is 1.33 bits per heavy atom. The van der Waals surface area contributed by atoms with Gasteiger partial charge in [-0.3, -0.25) is 10.1 Å². The number of hydrogen-bond acceptors (Lipinski definition) is 6. The van der Waals surface area contributed by atoms with E-state index in [1.807, 2.05) is 36.6 Å². The Kier molecular flexibility index (Phi) is 7.01. The first-order chi connectivity index (χ1) is 15.9. The Balaban J connectivity index is 1.45. The van der Waals surface area contributed by atoms with Crippen LogP contribution >= 0.6 is 22.9 Å². The number of halogens is 1. The Labute approximate surface area is 202 Å². The quantitative estimate of drug-likeness (QED) is 0.468. The number of rotatable bonds is 6. The number of benzene rings is 2. The Bertz CT molecular complexity index is 1160. The van der Waals surface area contributed by atoms with Crippen LogP contribution < -0.4 is 15.5 Å². The fraction of sp³-hybridized carbons (Fsp3) is 0.280. The average molecular weight is 481 g/mol. The number of nitrogens with zero attached hydrogens (tertiary/aromatic N) is 2. The number of aromatic nitrogens is 1. The molecule has 6 nitrogen and oxygen atoms in total. The molecule has 1 aromatic heterocycles. The predicted octanol–water partition coefficient (Wildman–Crippen LogP) is 3.76. The molecular weight excluding hydrogens is 456 g/mol. The average Bonchev–Trinajstić information content (AvgIpc) is 3.33. The van der Waals surface area contributed by atoms with Gasteiger partial charge in [0.15, 0.2) is 5.13 Å². The van der Waals surface area contributed by atoms with E-state index in [9.17, 15) is 9.90 Å². The van der Waals surface area contributed by atoms with Crippen molar-refractivity contribution in [2.75, 3.05) is 36.5 Å². The number of aliphatic hydroxyl groups is 1. The zero-order chi connectivity index (χ0) is 23.4. The molecule has 0 spiro atoms. The van der Waals surface area contributed by atoms with Crippen LogP contribution in [-0.4, -0.2) is 48.3 Å². The lowest BCUT2D eigenvalue weighted by molar-refractivity contribution is 0.102. The minimum atomic E-state index is -0.735. The van der Waals surface area contributed by atoms with E-state index in [1.165, 1.54) is 11.3 Å². The predicted molar refractivity (Wildman–Crippen MR) is 134 cm³/mol. The van der Waals surface area contributed by atoms with Crippen molar-refractivity contribution in [2.45, 2.75) is 18.4 Å². The van der Waals surface area contributed by atoms with Crippen molar-refractivity contribution in [3.63, 3.8) is 0 Å². The van der Waals surface area contributed by atoms with Gasteiger partial charge in [-0.25, -0.2) is 4.98 Å². The van der Waals surface area contributed by atoms with Gasteiger partial charge in [-0.1, -0.05) is 29.7 Å². The summed E-state index contributed by atoms with van der Waals surface area (Å²) in [6.45, 7) is 4.42. The van der Waals surface area contributed by atoms with Gasteiger partial charge in [0.25, 0.3) is 5.91 Å². The Hall–Kier alpha value is -2.89. The molecule has 1 aliphatic rings. The first-order valence-corrected chi connectivity index (χ1v) is 11.9. The van der Waals surface area contributed by atoms with Crippen LogP contribution in [0.1, 0.15) is 28.5 Å². The van der Waals surface area contributed by atoms with Crippen LogP contribution in [0.5, 0.6) is 0 Å². The Morgan fingerprint density at radius 3 is 2.73 bits per heavy atom. The summed E-state index contributed by atoms with van der Waals surface area (Å²) in [5.41, 5.74) is 2.43. The van der Waals surface area contributed by atoms with Crippen molar-refractivity contribution in [1.82, 2.24) is 10.3 Å². The van der Waals surface area contributed by atoms with E-state index >= 15 is 0 Å². The number of anilines is 2. The molecule has 0 bridgehead atoms. The van der Waals surface area contributed by atoms with Gasteiger partial charge in [0.1, 0.15) is 0 Å². The molecule has 4 rings (SSSR count). The zero-order valence-electron chi connectivity index (χ0n) is 18.2. The van der Waals surface area contributed by atoms with E-state index in [1.54, 1.807) is 24.3 Å². The molecule has 2 heterocycles. The lowest BCUT2D eigenvalue weighted by Crippen LogP contribution is -2.52. The molecule has 2 unspecified atom stereocenters. The fourth-order valence-corrected chi connectivity index (χ4v) is 4.76. The van der Waals surface area contributed by atoms with Crippen molar-refractivity contribution in [2.24, 2.45) is 0 Å². The molecule has 33 heavy (non-hydrogen) atoms. The van der Waals surface area contributed by atoms with E-state index in [2.05, 4.69) is 26.4 Å². The molecule has 3 N–H and O–H groups in total. The maximum absolute atomic E-state index is 12.8. The second-order valence-corrected chi connectivity index (χ2v) is 9.39. The lowest BCUT2D eigenvalue weighted by atomic mass is 9.81. The summed E-state index contributed by atoms with van der Waals surface area (Å²) in [4.78, 5) is 19.6. The van der Waals surface area contributed by atoms with Crippen molar-refractivity contribution >= 4 is 39.7 Å². The van der Waals surface area contributed by atoms with Crippen molar-refractivity contribution in [3.8, 4) is 12.3 Å². The molecule has 8 heteroatoms. The summed E-state index contributed by atoms with van der Waals surface area (Å²) in [6, 6.07) is 14.9. The highest BCUT2D eigenvalue weighted by molar-refractivity contribution is 7.14. The van der Waals surface area contributed by atoms with E-state index < -0.39 is 5.41 Å². The zero-order valence-corrected chi connectivity index (χ0v) is 19.8. The molecule has 1 aliphatic heterocycles. The highest BCUT2D eigenvalue weighted by Gasteiger charge is 2.29. The SMILES string of the molecule is C#CC(C)(c1ccc(Cl)cc1)c1csc(NC(=O)c2ccc(N3CCNC(CO)C3)cc2)n1. The summed E-state index contributed by atoms with van der Waals surface area (Å²) in [5.74, 6) is 2.61. The van der Waals surface area contributed by atoms with Crippen LogP contribution in [0.4, 0.5) is 10.8 Å². The number of carbonyl (C=O) groups excluding carboxylic acids is 1. The highest BCUT2D eigenvalue weighted by Crippen LogP contribution is 2.34. The number of hydrogen-bond donors (Lipinski definition) is 3. The minimum Gasteiger partial charge on any atom is -0.395 e. The van der Waals surface area contributed by atoms with Crippen LogP contribution in [0, 0.1) is 12.3 Å². The van der Waals surface area contributed by atoms with Crippen LogP contribution in [0.25, 0.3) is 0 Å². The van der Waals surface area contributed by atoms with E-state index in [0.29, 0.717) is 21.4 Å². The minimum absolute atomic E-state index is 0.0578. The van der Waals surface area contributed by atoms with Crippen molar-refractivity contribution in [1.29, 1.82) is 0 Å². The summed E-state index contributed by atoms with van der Waals surface area (Å²) < 4.78 is 0. The topological polar surface area (TPSA) is 77.5 Å². The maximum atomic E-state index is 12.8. The van der Waals surface area contributed by atoms with Gasteiger partial charge in [-0.05, 0) is 48.9 Å². The van der Waals surface area contributed by atoms with Gasteiger partial charge in [-0.15, -0.1) is 17.8 Å². The summed E-state index contributed by atoms with van der Waals surface area (Å²) in [6.07, 6.45) is 5.88. The van der Waals surface area contributed by atoms with Crippen LogP contribution in [0.3, 0.4) is 0 Å². The lowest BCUT2D eigenvalue weighted by Gasteiger charge is -2.34. The van der Waals surface area contributed by atoms with E-state index in [0.717, 1.165) is 30.9 Å². The third-order valence-corrected chi connectivity index (χ3v) is 6.93. The van der Waals surface area contributed by atoms with Gasteiger partial charge in [-0.2, -0.15) is 0 Å². The molecule has 1 saturated heterocycles. The van der Waals surface area contributed by atoms with Crippen LogP contribution in [0.15, 0.2) is 53.9 Å². The molecule has 0 saturated carbocycles. The van der Waals surface area contributed by atoms with Crippen molar-refractivity contribution in [3.05, 3.63) is 75.8 Å². The number of carbonyl (C=O) groups is 1. The van der Waals surface area contributed by atoms with Crippen LogP contribution in [-0.2, 0) is 5.41 Å². The van der Waals surface area contributed by atoms with Gasteiger partial charge < -0.3 is 15.3 Å². The molecule has 3 aromatic rings. The molecule has 0 aliphatic carbocycles. The van der Waals surface area contributed by atoms with E-state index in [-0.39, 0.29) is 18.6 Å². The molecular formula is C25H25ClN4O2S. The number of aliphatic hydroxyl groups excluding tert-OH is 1. The summed E-state index contributed by atoms with van der Waals surface area (Å²) in [5, 5.41) is 18.5. The fourth-order valence-electron chi connectivity index (χ4n) is 3.82. The molecule has 1 fully saturated rings. The number of nitrogens with one attached hydrogen (secondary N) is 2. The number of terminal acetylenes is 1. The van der Waals surface area contributed by atoms with Crippen molar-refractivity contribution < 1.29 is 9.90 Å². The molecule has 1 amide bonds. The van der Waals surface area contributed by atoms with Gasteiger partial charge in [0.05, 0.1) is 17.7 Å². The monoisotopic (exact) mass is 480 g/mol. The second-order valence-electron chi connectivity index (χ2n) is 8.09. The first-order valence-electron chi connectivity index (χ1n) is 10.6. The molecule has 2 atom stereocenters. The Morgan fingerprint density at radius 2 is 2.06 bits per heavy atom. The largest absolute Gasteiger partial charge is 0.395 e. The summed E-state index contributed by atoms with van der Waals surface area (Å²) >= 11 is 7.35. The van der Waals surface area contributed by atoms with Crippen LogP contribution in [0.2, 0.25) is 5.02 Å². The number of thiazole rings is 1. The van der Waals surface area contributed by atoms with Gasteiger partial charge in [0, 0.05) is 47.3 Å². The number of piperazine rings is 1. The normalized spacial score (nSPS) is 17.8. The smallest absolute Gasteiger partial charge is 0.257 e. The maximum Gasteiger partial charge on any atom is 0.257 e. The highest BCUT2D eigenvalue weighted by atomic mass is 35.5. The summed E-state index contributed by atoms with van der Waals surface area (Å²) in [7, 11) is 0. The third-order valence-electron chi connectivity index (χ3n) is 5.92. The standard InChI is InChI=1S/C25H25ClN4O2S/c1-3-25(2,18-6-8-19(26)9-7-18)22-16-33-24(28-22)29-23(32)17-4-10-21(11-5-17)30-13-12-27-20(14-30)15-31/h1,4-11,16,20,27,31H,12-15H2,2H3,(H,28,29,32). The van der Waals surface area contributed by atoms with Gasteiger partial charge in [0.2, 0.25) is 0 Å². The van der Waals surface area contributed by atoms with E-state index in [4.69, 9.17) is 18.0 Å². The first kappa shape index (κ1) is 23.3. The number of amides is 1. The molecule has 0 radical (unpaired) electrons. The molecule has 170 valence electrons.